The van der Waals surface area contributed by atoms with Crippen LogP contribution >= 0.6 is 15.6 Å². The van der Waals surface area contributed by atoms with E-state index in [-0.39, 0.29) is 22.9 Å². The van der Waals surface area contributed by atoms with E-state index in [1.165, 1.54) is 15.8 Å². The first-order valence-electron chi connectivity index (χ1n) is 13.2. The van der Waals surface area contributed by atoms with Gasteiger partial charge in [0.2, 0.25) is 0 Å². The molecule has 0 aliphatic carbocycles. The van der Waals surface area contributed by atoms with Crippen LogP contribution in [0, 0.1) is 0 Å². The largest absolute Gasteiger partial charge is 0.472 e. The normalized spacial score (nSPS) is 43.6. The molecule has 2 aromatic heterocycles. The molecule has 4 unspecified atom stereocenters. The Bertz CT molecular complexity index is 1680. The van der Waals surface area contributed by atoms with Gasteiger partial charge >= 0.3 is 15.6 Å². The molecule has 3 fully saturated rings. The van der Waals surface area contributed by atoms with E-state index in [1.807, 2.05) is 0 Å². The smallest absolute Gasteiger partial charge is 0.387 e. The van der Waals surface area contributed by atoms with Gasteiger partial charge in [0.1, 0.15) is 48.5 Å². The maximum Gasteiger partial charge on any atom is 0.472 e. The zero-order valence-corrected chi connectivity index (χ0v) is 24.4. The molecule has 25 heteroatoms. The SMILES string of the molecule is NC1=NC2C(N=CN2[C@@H]2O[C@@H]3COP(=O)(O)O[C@H]4[C@@H](O)[C@H](n5cnc6c(N)ncnc65)O[C@@H]4COP(=O)(O)O[C@@H]2[C@@H]3O)C(=O)N1. The lowest BCUT2D eigenvalue weighted by Crippen LogP contribution is -2.57. The van der Waals surface area contributed by atoms with E-state index >= 15 is 0 Å². The van der Waals surface area contributed by atoms with Gasteiger partial charge in [-0.3, -0.25) is 37.8 Å². The lowest BCUT2D eigenvalue weighted by Gasteiger charge is -2.34. The molecule has 2 aromatic rings. The summed E-state index contributed by atoms with van der Waals surface area (Å²) >= 11 is 0. The molecule has 45 heavy (non-hydrogen) atoms. The van der Waals surface area contributed by atoms with Gasteiger partial charge in [-0.15, -0.1) is 0 Å². The number of rotatable bonds is 2. The minimum atomic E-state index is -5.10. The molecule has 2 bridgehead atoms. The second kappa shape index (κ2) is 11.0. The second-order valence-electron chi connectivity index (χ2n) is 10.4. The van der Waals surface area contributed by atoms with E-state index in [2.05, 4.69) is 30.3 Å². The number of anilines is 1. The molecular formula is C20H26N10O13P2. The van der Waals surface area contributed by atoms with E-state index in [9.17, 15) is 33.9 Å². The molecule has 244 valence electrons. The molecular weight excluding hydrogens is 650 g/mol. The summed E-state index contributed by atoms with van der Waals surface area (Å²) in [4.78, 5) is 55.1. The fraction of sp³-hybridized carbons (Fsp3) is 0.600. The van der Waals surface area contributed by atoms with E-state index in [1.54, 1.807) is 0 Å². The molecule has 1 amide bonds. The average Bonchev–Trinajstić information content (AvgIpc) is 3.72. The Kier molecular flexibility index (Phi) is 7.43. The minimum absolute atomic E-state index is 0.0371. The molecule has 5 aliphatic rings. The van der Waals surface area contributed by atoms with Crippen LogP contribution in [0.15, 0.2) is 22.6 Å². The number of aliphatic imine (C=N–C) groups is 2. The maximum atomic E-state index is 13.2. The Morgan fingerprint density at radius 2 is 1.62 bits per heavy atom. The maximum absolute atomic E-state index is 13.2. The predicted molar refractivity (Wildman–Crippen MR) is 143 cm³/mol. The summed E-state index contributed by atoms with van der Waals surface area (Å²) in [5, 5.41) is 24.5. The fourth-order valence-electron chi connectivity index (χ4n) is 5.57. The molecule has 12 atom stereocenters. The Labute approximate surface area is 251 Å². The topological polar surface area (TPSA) is 323 Å². The number of aromatic nitrogens is 4. The highest BCUT2D eigenvalue weighted by Crippen LogP contribution is 2.53. The Balaban J connectivity index is 1.17. The van der Waals surface area contributed by atoms with Crippen LogP contribution < -0.4 is 16.8 Å². The van der Waals surface area contributed by atoms with Crippen LogP contribution in [0.5, 0.6) is 0 Å². The number of nitrogens with zero attached hydrogens (tertiary/aromatic N) is 7. The van der Waals surface area contributed by atoms with Crippen LogP contribution in [-0.4, -0.2) is 131 Å². The molecule has 0 aromatic carbocycles. The van der Waals surface area contributed by atoms with Gasteiger partial charge in [0.15, 0.2) is 42.1 Å². The van der Waals surface area contributed by atoms with Crippen LogP contribution in [0.3, 0.4) is 0 Å². The van der Waals surface area contributed by atoms with Crippen molar-refractivity contribution in [1.29, 1.82) is 0 Å². The van der Waals surface area contributed by atoms with E-state index in [0.29, 0.717) is 0 Å². The summed E-state index contributed by atoms with van der Waals surface area (Å²) in [5.74, 6) is -0.768. The number of nitrogens with two attached hydrogens (primary N) is 2. The molecule has 7 heterocycles. The van der Waals surface area contributed by atoms with Crippen LogP contribution in [-0.2, 0) is 41.5 Å². The standard InChI is InChI=1S/C20H26N10O13P2/c21-14-8-15(24-3-23-14)29(4-25-8)18-11(32)12-7(41-18)2-39-45(36,37)43-13-10(31)6(1-38-44(34,35)42-12)40-19(13)30-5-26-9-16(30)27-20(22)28-17(9)33/h3-7,9-13,16,18-19,31-32H,1-2H2,(H,34,35)(H,36,37)(H2,21,23,24)(H3,22,27,28,33)/t6-,7-,9?,10-,11-,12-,13-,16?,18-,19-/m1/s1. The summed E-state index contributed by atoms with van der Waals surface area (Å²) in [6.45, 7) is -1.63. The minimum Gasteiger partial charge on any atom is -0.387 e. The number of guanidine groups is 1. The monoisotopic (exact) mass is 676 g/mol. The number of aliphatic hydroxyl groups excluding tert-OH is 2. The summed E-state index contributed by atoms with van der Waals surface area (Å²) in [6.07, 6.45) is -10.0. The van der Waals surface area contributed by atoms with Gasteiger partial charge in [-0.25, -0.2) is 29.1 Å². The number of aliphatic hydroxyl groups is 2. The third kappa shape index (κ3) is 5.39. The zero-order chi connectivity index (χ0) is 31.8. The van der Waals surface area contributed by atoms with Gasteiger partial charge in [0.25, 0.3) is 5.91 Å². The van der Waals surface area contributed by atoms with Crippen LogP contribution in [0.1, 0.15) is 6.23 Å². The van der Waals surface area contributed by atoms with Crippen molar-refractivity contribution in [3.05, 3.63) is 12.7 Å². The summed E-state index contributed by atoms with van der Waals surface area (Å²) in [7, 11) is -10.2. The Morgan fingerprint density at radius 1 is 0.933 bits per heavy atom. The number of phosphoric ester groups is 2. The first-order valence-corrected chi connectivity index (χ1v) is 16.2. The number of nitrogens with one attached hydrogen (secondary N) is 1. The Hall–Kier alpha value is -3.18. The summed E-state index contributed by atoms with van der Waals surface area (Å²) in [5.41, 5.74) is 11.8. The lowest BCUT2D eigenvalue weighted by atomic mass is 10.1. The van der Waals surface area contributed by atoms with Crippen LogP contribution in [0.2, 0.25) is 0 Å². The summed E-state index contributed by atoms with van der Waals surface area (Å²) < 4.78 is 60.0. The van der Waals surface area contributed by atoms with Gasteiger partial charge in [-0.05, 0) is 0 Å². The molecule has 23 nitrogen and oxygen atoms in total. The second-order valence-corrected chi connectivity index (χ2v) is 13.2. The number of hydrogen-bond acceptors (Lipinski definition) is 19. The first kappa shape index (κ1) is 30.5. The van der Waals surface area contributed by atoms with Gasteiger partial charge in [0.05, 0.1) is 25.9 Å². The van der Waals surface area contributed by atoms with Gasteiger partial charge < -0.3 is 45.8 Å². The highest BCUT2D eigenvalue weighted by atomic mass is 31.2. The molecule has 0 radical (unpaired) electrons. The number of imidazole rings is 1. The number of fused-ring (bicyclic) bond motifs is 5. The van der Waals surface area contributed by atoms with Crippen molar-refractivity contribution >= 4 is 50.8 Å². The van der Waals surface area contributed by atoms with Gasteiger partial charge in [-0.1, -0.05) is 0 Å². The van der Waals surface area contributed by atoms with Crippen molar-refractivity contribution in [2.75, 3.05) is 18.9 Å². The zero-order valence-electron chi connectivity index (χ0n) is 22.6. The van der Waals surface area contributed by atoms with Crippen LogP contribution in [0.4, 0.5) is 5.82 Å². The van der Waals surface area contributed by atoms with Crippen LogP contribution in [0.25, 0.3) is 11.2 Å². The third-order valence-corrected chi connectivity index (χ3v) is 9.60. The van der Waals surface area contributed by atoms with Gasteiger partial charge in [0, 0.05) is 0 Å². The number of phosphoric acid groups is 2. The highest BCUT2D eigenvalue weighted by Gasteiger charge is 2.56. The molecule has 3 saturated heterocycles. The van der Waals surface area contributed by atoms with E-state index in [0.717, 1.165) is 12.7 Å². The number of amides is 1. The molecule has 5 aliphatic heterocycles. The molecule has 7 rings (SSSR count). The van der Waals surface area contributed by atoms with Crippen molar-refractivity contribution in [3.63, 3.8) is 0 Å². The third-order valence-electron chi connectivity index (χ3n) is 7.63. The Morgan fingerprint density at radius 3 is 2.38 bits per heavy atom. The number of nitrogen functional groups attached to an aromatic ring is 1. The number of ether oxygens (including phenoxy) is 2. The van der Waals surface area contributed by atoms with Crippen molar-refractivity contribution in [2.24, 2.45) is 15.7 Å². The van der Waals surface area contributed by atoms with Gasteiger partial charge in [-0.2, -0.15) is 0 Å². The first-order chi connectivity index (χ1) is 21.3. The van der Waals surface area contributed by atoms with E-state index in [4.69, 9.17) is 39.0 Å². The highest BCUT2D eigenvalue weighted by molar-refractivity contribution is 7.47. The quantitative estimate of drug-likeness (QED) is 0.150. The van der Waals surface area contributed by atoms with E-state index < -0.39 is 96.1 Å². The summed E-state index contributed by atoms with van der Waals surface area (Å²) in [6, 6.07) is -1.06. The van der Waals surface area contributed by atoms with Crippen molar-refractivity contribution in [3.8, 4) is 0 Å². The molecule has 9 N–H and O–H groups in total. The van der Waals surface area contributed by atoms with Crippen molar-refractivity contribution in [1.82, 2.24) is 29.7 Å². The van der Waals surface area contributed by atoms with Crippen molar-refractivity contribution in [2.45, 2.75) is 61.3 Å². The number of hydrogen-bond donors (Lipinski definition) is 7. The van der Waals surface area contributed by atoms with Crippen molar-refractivity contribution < 1.29 is 61.5 Å². The number of carbonyl (C=O) groups excluding carboxylic acids is 1. The number of carbonyl (C=O) groups is 1. The lowest BCUT2D eigenvalue weighted by molar-refractivity contribution is -0.124. The average molecular weight is 676 g/mol. The fourth-order valence-corrected chi connectivity index (χ4v) is 7.47. The molecule has 0 saturated carbocycles. The molecule has 0 spiro atoms. The predicted octanol–water partition coefficient (Wildman–Crippen LogP) is -3.75.